The van der Waals surface area contributed by atoms with Gasteiger partial charge in [0, 0.05) is 13.6 Å². The van der Waals surface area contributed by atoms with Crippen molar-refractivity contribution in [3.05, 3.63) is 10.6 Å². The molecule has 0 bridgehead atoms. The first-order valence-electron chi connectivity index (χ1n) is 6.16. The minimum Gasteiger partial charge on any atom is -0.351 e. The summed E-state index contributed by atoms with van der Waals surface area (Å²) in [5.41, 5.74) is 0.957. The van der Waals surface area contributed by atoms with Crippen LogP contribution in [0.2, 0.25) is 0 Å². The second-order valence-electron chi connectivity index (χ2n) is 4.95. The third kappa shape index (κ3) is 3.53. The molecule has 0 N–H and O–H groups in total. The monoisotopic (exact) mass is 254 g/mol. The van der Waals surface area contributed by atoms with Gasteiger partial charge in [-0.15, -0.1) is 0 Å². The molecule has 0 amide bonds. The Morgan fingerprint density at radius 2 is 2.06 bits per heavy atom. The Labute approximate surface area is 108 Å². The highest BCUT2D eigenvalue weighted by Gasteiger charge is 2.17. The first-order chi connectivity index (χ1) is 7.99. The molecule has 1 unspecified atom stereocenters. The fourth-order valence-electron chi connectivity index (χ4n) is 1.75. The summed E-state index contributed by atoms with van der Waals surface area (Å²) in [6.07, 6.45) is 1.95. The van der Waals surface area contributed by atoms with E-state index in [-0.39, 0.29) is 0 Å². The van der Waals surface area contributed by atoms with Crippen molar-refractivity contribution < 1.29 is 4.79 Å². The van der Waals surface area contributed by atoms with E-state index < -0.39 is 0 Å². The lowest BCUT2D eigenvalue weighted by Gasteiger charge is -2.17. The van der Waals surface area contributed by atoms with E-state index >= 15 is 0 Å². The van der Waals surface area contributed by atoms with E-state index in [0.717, 1.165) is 35.0 Å². The summed E-state index contributed by atoms with van der Waals surface area (Å²) >= 11 is 1.50. The standard InChI is InChI=1S/C13H22N2OS/c1-6-10(4)12-11(8-16)17-13(14-12)15(5)7-9(2)3/h8-10H,6-7H2,1-5H3. The third-order valence-electron chi connectivity index (χ3n) is 2.82. The van der Waals surface area contributed by atoms with Gasteiger partial charge in [0.2, 0.25) is 0 Å². The number of hydrogen-bond donors (Lipinski definition) is 0. The highest BCUT2D eigenvalue weighted by molar-refractivity contribution is 7.17. The number of thiazole rings is 1. The van der Waals surface area contributed by atoms with Gasteiger partial charge in [0.1, 0.15) is 0 Å². The summed E-state index contributed by atoms with van der Waals surface area (Å²) in [6, 6.07) is 0. The zero-order valence-corrected chi connectivity index (χ0v) is 12.2. The van der Waals surface area contributed by atoms with Crippen molar-refractivity contribution in [3.8, 4) is 0 Å². The molecule has 0 radical (unpaired) electrons. The summed E-state index contributed by atoms with van der Waals surface area (Å²) in [5.74, 6) is 0.947. The number of carbonyl (C=O) groups excluding carboxylic acids is 1. The molecule has 1 atom stereocenters. The molecular weight excluding hydrogens is 232 g/mol. The molecule has 0 spiro atoms. The van der Waals surface area contributed by atoms with E-state index in [9.17, 15) is 4.79 Å². The fourth-order valence-corrected chi connectivity index (χ4v) is 2.72. The maximum Gasteiger partial charge on any atom is 0.185 e. The number of anilines is 1. The zero-order valence-electron chi connectivity index (χ0n) is 11.4. The molecule has 1 aromatic heterocycles. The Hall–Kier alpha value is -0.900. The fraction of sp³-hybridized carbons (Fsp3) is 0.692. The molecule has 1 heterocycles. The molecule has 96 valence electrons. The van der Waals surface area contributed by atoms with Gasteiger partial charge in [-0.25, -0.2) is 4.98 Å². The van der Waals surface area contributed by atoms with Gasteiger partial charge in [-0.1, -0.05) is 39.0 Å². The maximum atomic E-state index is 11.1. The first kappa shape index (κ1) is 14.2. The second-order valence-corrected chi connectivity index (χ2v) is 5.96. The van der Waals surface area contributed by atoms with Crippen molar-refractivity contribution in [1.29, 1.82) is 0 Å². The molecule has 3 nitrogen and oxygen atoms in total. The second kappa shape index (κ2) is 6.15. The predicted molar refractivity (Wildman–Crippen MR) is 74.3 cm³/mol. The van der Waals surface area contributed by atoms with Crippen LogP contribution in [0.25, 0.3) is 0 Å². The summed E-state index contributed by atoms with van der Waals surface area (Å²) in [7, 11) is 2.04. The molecule has 0 aliphatic rings. The zero-order chi connectivity index (χ0) is 13.0. The molecule has 1 rings (SSSR count). The smallest absolute Gasteiger partial charge is 0.185 e. The van der Waals surface area contributed by atoms with Gasteiger partial charge >= 0.3 is 0 Å². The predicted octanol–water partition coefficient (Wildman–Crippen LogP) is 3.56. The van der Waals surface area contributed by atoms with E-state index in [1.165, 1.54) is 11.3 Å². The van der Waals surface area contributed by atoms with Crippen molar-refractivity contribution in [3.63, 3.8) is 0 Å². The van der Waals surface area contributed by atoms with Crippen LogP contribution in [0.5, 0.6) is 0 Å². The number of rotatable bonds is 6. The molecule has 0 saturated carbocycles. The lowest BCUT2D eigenvalue weighted by atomic mass is 10.0. The molecule has 4 heteroatoms. The summed E-state index contributed by atoms with van der Waals surface area (Å²) in [6.45, 7) is 9.57. The minimum atomic E-state index is 0.354. The van der Waals surface area contributed by atoms with Gasteiger partial charge in [0.25, 0.3) is 0 Å². The van der Waals surface area contributed by atoms with Crippen LogP contribution in [0, 0.1) is 5.92 Å². The SMILES string of the molecule is CCC(C)c1nc(N(C)CC(C)C)sc1C=O. The van der Waals surface area contributed by atoms with Crippen LogP contribution in [-0.4, -0.2) is 24.9 Å². The van der Waals surface area contributed by atoms with E-state index in [1.54, 1.807) is 0 Å². The van der Waals surface area contributed by atoms with E-state index in [4.69, 9.17) is 0 Å². The third-order valence-corrected chi connectivity index (χ3v) is 3.93. The van der Waals surface area contributed by atoms with Gasteiger partial charge in [-0.2, -0.15) is 0 Å². The molecule has 17 heavy (non-hydrogen) atoms. The van der Waals surface area contributed by atoms with Crippen molar-refractivity contribution in [2.45, 2.75) is 40.0 Å². The number of carbonyl (C=O) groups is 1. The number of hydrogen-bond acceptors (Lipinski definition) is 4. The van der Waals surface area contributed by atoms with E-state index in [1.807, 2.05) is 7.05 Å². The first-order valence-corrected chi connectivity index (χ1v) is 6.98. The van der Waals surface area contributed by atoms with Gasteiger partial charge in [0.15, 0.2) is 11.4 Å². The van der Waals surface area contributed by atoms with Crippen LogP contribution >= 0.6 is 11.3 Å². The Morgan fingerprint density at radius 3 is 2.53 bits per heavy atom. The molecule has 1 aromatic rings. The average molecular weight is 254 g/mol. The topological polar surface area (TPSA) is 33.2 Å². The van der Waals surface area contributed by atoms with E-state index in [2.05, 4.69) is 37.6 Å². The molecule has 0 aliphatic heterocycles. The molecule has 0 aromatic carbocycles. The number of aldehydes is 1. The Bertz CT molecular complexity index is 373. The summed E-state index contributed by atoms with van der Waals surface area (Å²) in [4.78, 5) is 18.6. The Morgan fingerprint density at radius 1 is 1.41 bits per heavy atom. The van der Waals surface area contributed by atoms with Crippen LogP contribution in [-0.2, 0) is 0 Å². The molecule has 0 aliphatic carbocycles. The van der Waals surface area contributed by atoms with Crippen molar-refractivity contribution in [2.75, 3.05) is 18.5 Å². The molecule has 0 fully saturated rings. The van der Waals surface area contributed by atoms with Gasteiger partial charge in [-0.3, -0.25) is 4.79 Å². The molecular formula is C13H22N2OS. The van der Waals surface area contributed by atoms with Gasteiger partial charge in [-0.05, 0) is 18.3 Å². The highest BCUT2D eigenvalue weighted by Crippen LogP contribution is 2.30. The summed E-state index contributed by atoms with van der Waals surface area (Å²) < 4.78 is 0. The summed E-state index contributed by atoms with van der Waals surface area (Å²) in [5, 5.41) is 0.955. The Kier molecular flexibility index (Phi) is 5.12. The van der Waals surface area contributed by atoms with Crippen molar-refractivity contribution in [2.24, 2.45) is 5.92 Å². The van der Waals surface area contributed by atoms with Gasteiger partial charge < -0.3 is 4.90 Å². The minimum absolute atomic E-state index is 0.354. The van der Waals surface area contributed by atoms with Crippen LogP contribution in [0.4, 0.5) is 5.13 Å². The van der Waals surface area contributed by atoms with Crippen molar-refractivity contribution >= 4 is 22.8 Å². The quantitative estimate of drug-likeness (QED) is 0.728. The van der Waals surface area contributed by atoms with Crippen LogP contribution in [0.1, 0.15) is 55.4 Å². The largest absolute Gasteiger partial charge is 0.351 e. The van der Waals surface area contributed by atoms with Crippen molar-refractivity contribution in [1.82, 2.24) is 4.98 Å². The normalized spacial score (nSPS) is 12.8. The van der Waals surface area contributed by atoms with Crippen LogP contribution < -0.4 is 4.90 Å². The van der Waals surface area contributed by atoms with Gasteiger partial charge in [0.05, 0.1) is 10.6 Å². The Balaban J connectivity index is 2.95. The maximum absolute atomic E-state index is 11.1. The lowest BCUT2D eigenvalue weighted by Crippen LogP contribution is -2.22. The number of aromatic nitrogens is 1. The van der Waals surface area contributed by atoms with E-state index in [0.29, 0.717) is 11.8 Å². The van der Waals surface area contributed by atoms with Crippen LogP contribution in [0.3, 0.4) is 0 Å². The van der Waals surface area contributed by atoms with Crippen LogP contribution in [0.15, 0.2) is 0 Å². The molecule has 0 saturated heterocycles. The average Bonchev–Trinajstić information content (AvgIpc) is 2.71. The highest BCUT2D eigenvalue weighted by atomic mass is 32.1. The number of nitrogens with zero attached hydrogens (tertiary/aromatic N) is 2. The lowest BCUT2D eigenvalue weighted by molar-refractivity contribution is 0.112.